The van der Waals surface area contributed by atoms with E-state index in [4.69, 9.17) is 0 Å². The Kier molecular flexibility index (Phi) is 8.98. The maximum Gasteiger partial charge on any atom is 0.123 e. The fourth-order valence-electron chi connectivity index (χ4n) is 4.82. The first-order valence-electron chi connectivity index (χ1n) is 11.4. The van der Waals surface area contributed by atoms with Crippen molar-refractivity contribution in [2.45, 2.75) is 52.9 Å². The molecule has 4 aromatic rings. The minimum Gasteiger partial charge on any atom is -0.412 e. The fraction of sp³-hybridized carbons (Fsp3) is 0.310. The lowest BCUT2D eigenvalue weighted by molar-refractivity contribution is 0.449. The maximum atomic E-state index is 13.3. The molecule has 0 amide bonds. The number of aryl methyl sites for hydroxylation is 1. The highest BCUT2D eigenvalue weighted by Gasteiger charge is 2.14. The molecule has 0 radical (unpaired) electrons. The van der Waals surface area contributed by atoms with Crippen LogP contribution >= 0.6 is 0 Å². The second-order valence-corrected chi connectivity index (χ2v) is 9.06. The van der Waals surface area contributed by atoms with Gasteiger partial charge in [0.1, 0.15) is 5.82 Å². The minimum absolute atomic E-state index is 0. The summed E-state index contributed by atoms with van der Waals surface area (Å²) in [6.07, 6.45) is 3.79. The van der Waals surface area contributed by atoms with Crippen molar-refractivity contribution < 1.29 is 15.3 Å². The second-order valence-electron chi connectivity index (χ2n) is 9.06. The summed E-state index contributed by atoms with van der Waals surface area (Å²) in [4.78, 5) is 3.50. The summed E-state index contributed by atoms with van der Waals surface area (Å²) in [6.45, 7) is 9.20. The highest BCUT2D eigenvalue weighted by Crippen LogP contribution is 2.35. The van der Waals surface area contributed by atoms with Gasteiger partial charge in [0, 0.05) is 16.6 Å². The molecule has 33 heavy (non-hydrogen) atoms. The van der Waals surface area contributed by atoms with Gasteiger partial charge in [-0.3, -0.25) is 0 Å². The molecule has 4 rings (SSSR count). The Labute approximate surface area is 196 Å². The van der Waals surface area contributed by atoms with Gasteiger partial charge < -0.3 is 15.9 Å². The molecule has 5 N–H and O–H groups in total. The lowest BCUT2D eigenvalue weighted by Crippen LogP contribution is -2.02. The molecule has 4 heteroatoms. The Morgan fingerprint density at radius 2 is 1.61 bits per heavy atom. The van der Waals surface area contributed by atoms with Gasteiger partial charge in [0.05, 0.1) is 0 Å². The van der Waals surface area contributed by atoms with E-state index in [0.717, 1.165) is 22.7 Å². The van der Waals surface area contributed by atoms with E-state index < -0.39 is 0 Å². The van der Waals surface area contributed by atoms with Crippen molar-refractivity contribution in [1.82, 2.24) is 4.98 Å². The summed E-state index contributed by atoms with van der Waals surface area (Å²) in [5.41, 5.74) is 8.34. The summed E-state index contributed by atoms with van der Waals surface area (Å²) in [5, 5.41) is 1.20. The van der Waals surface area contributed by atoms with Crippen molar-refractivity contribution in [2.75, 3.05) is 0 Å². The number of aromatic amines is 1. The Balaban J connectivity index is 0.00000193. The molecular weight excluding hydrogens is 413 g/mol. The monoisotopic (exact) mass is 449 g/mol. The molecule has 0 aliphatic rings. The zero-order valence-electron chi connectivity index (χ0n) is 20.0. The van der Waals surface area contributed by atoms with Gasteiger partial charge in [-0.15, -0.1) is 0 Å². The van der Waals surface area contributed by atoms with Crippen LogP contribution in [-0.4, -0.2) is 15.9 Å². The molecule has 1 aromatic heterocycles. The minimum atomic E-state index is -0.213. The number of rotatable bonds is 7. The number of H-pyrrole nitrogens is 1. The van der Waals surface area contributed by atoms with E-state index in [9.17, 15) is 4.39 Å². The predicted octanol–water partition coefficient (Wildman–Crippen LogP) is 7.23. The van der Waals surface area contributed by atoms with Gasteiger partial charge >= 0.3 is 0 Å². The Hall–Kier alpha value is -2.95. The smallest absolute Gasteiger partial charge is 0.123 e. The molecule has 0 aliphatic heterocycles. The molecule has 1 heterocycles. The van der Waals surface area contributed by atoms with E-state index in [1.807, 2.05) is 12.1 Å². The first-order chi connectivity index (χ1) is 15.0. The largest absolute Gasteiger partial charge is 0.412 e. The van der Waals surface area contributed by atoms with Crippen molar-refractivity contribution in [1.29, 1.82) is 0 Å². The average molecular weight is 450 g/mol. The molecule has 2 atom stereocenters. The second kappa shape index (κ2) is 11.3. The quantitative estimate of drug-likeness (QED) is 0.309. The molecule has 0 saturated heterocycles. The van der Waals surface area contributed by atoms with Gasteiger partial charge in [0.2, 0.25) is 0 Å². The van der Waals surface area contributed by atoms with Crippen molar-refractivity contribution in [3.63, 3.8) is 0 Å². The maximum absolute atomic E-state index is 13.3. The van der Waals surface area contributed by atoms with E-state index in [-0.39, 0.29) is 16.8 Å². The number of halogens is 1. The van der Waals surface area contributed by atoms with E-state index in [1.165, 1.54) is 59.0 Å². The van der Waals surface area contributed by atoms with Crippen LogP contribution in [0.3, 0.4) is 0 Å². The molecule has 0 fully saturated rings. The van der Waals surface area contributed by atoms with Crippen LogP contribution in [-0.2, 0) is 0 Å². The van der Waals surface area contributed by atoms with Crippen LogP contribution in [0.4, 0.5) is 4.39 Å². The van der Waals surface area contributed by atoms with E-state index in [0.29, 0.717) is 5.92 Å². The summed E-state index contributed by atoms with van der Waals surface area (Å²) in [7, 11) is 0. The van der Waals surface area contributed by atoms with E-state index in [1.54, 1.807) is 0 Å². The zero-order valence-corrected chi connectivity index (χ0v) is 20.0. The van der Waals surface area contributed by atoms with Gasteiger partial charge in [-0.25, -0.2) is 4.39 Å². The van der Waals surface area contributed by atoms with Gasteiger partial charge in [-0.1, -0.05) is 63.9 Å². The number of aromatic nitrogens is 1. The van der Waals surface area contributed by atoms with E-state index in [2.05, 4.69) is 75.1 Å². The highest BCUT2D eigenvalue weighted by molar-refractivity contribution is 5.98. The first-order valence-corrected chi connectivity index (χ1v) is 11.4. The van der Waals surface area contributed by atoms with Crippen molar-refractivity contribution >= 4 is 10.9 Å². The summed E-state index contributed by atoms with van der Waals surface area (Å²) < 4.78 is 13.3. The van der Waals surface area contributed by atoms with Crippen molar-refractivity contribution in [2.24, 2.45) is 5.92 Å². The number of hydrogen-bond acceptors (Lipinski definition) is 0. The van der Waals surface area contributed by atoms with Crippen LogP contribution < -0.4 is 0 Å². The third-order valence-corrected chi connectivity index (χ3v) is 6.47. The Bertz CT molecular complexity index is 1180. The number of fused-ring (bicyclic) bond motifs is 1. The van der Waals surface area contributed by atoms with Gasteiger partial charge in [-0.05, 0) is 89.4 Å². The molecular formula is C29H36FNO2. The Morgan fingerprint density at radius 1 is 0.879 bits per heavy atom. The zero-order chi connectivity index (χ0) is 22.0. The fourth-order valence-corrected chi connectivity index (χ4v) is 4.82. The van der Waals surface area contributed by atoms with Gasteiger partial charge in [0.25, 0.3) is 0 Å². The Morgan fingerprint density at radius 3 is 2.27 bits per heavy atom. The van der Waals surface area contributed by atoms with Crippen LogP contribution in [0, 0.1) is 18.7 Å². The van der Waals surface area contributed by atoms with Crippen LogP contribution in [0.2, 0.25) is 0 Å². The predicted molar refractivity (Wildman–Crippen MR) is 138 cm³/mol. The summed E-state index contributed by atoms with van der Waals surface area (Å²) in [5.74, 6) is 1.12. The molecule has 0 spiro atoms. The molecule has 2 unspecified atom stereocenters. The van der Waals surface area contributed by atoms with Gasteiger partial charge in [-0.2, -0.15) is 0 Å². The van der Waals surface area contributed by atoms with Crippen molar-refractivity contribution in [3.8, 4) is 22.4 Å². The van der Waals surface area contributed by atoms with E-state index >= 15 is 0 Å². The summed E-state index contributed by atoms with van der Waals surface area (Å²) in [6, 6.07) is 22.2. The lowest BCUT2D eigenvalue weighted by Gasteiger charge is -2.19. The number of nitrogens with one attached hydrogen (secondary N) is 1. The molecule has 176 valence electrons. The SMILES string of the molecule is CCCC(C)CC(C)c1ccc(-c2cccc3[nH]c(-c4ccc(F)cc4)cc23)c(C)c1.O.O. The molecule has 0 aliphatic carbocycles. The molecule has 0 bridgehead atoms. The molecule has 3 aromatic carbocycles. The standard InChI is InChI=1S/C29H32FN.2H2O/c1-5-7-19(2)16-20(3)23-12-15-25(21(4)17-23)26-8-6-9-28-27(26)18-29(31-28)22-10-13-24(30)14-11-22;;/h6,8-15,17-20,31H,5,7,16H2,1-4H3;2*1H2. The third kappa shape index (κ3) is 5.70. The average Bonchev–Trinajstić information content (AvgIpc) is 3.19. The number of hydrogen-bond donors (Lipinski definition) is 1. The summed E-state index contributed by atoms with van der Waals surface area (Å²) >= 11 is 0. The lowest BCUT2D eigenvalue weighted by atomic mass is 9.86. The third-order valence-electron chi connectivity index (χ3n) is 6.47. The van der Waals surface area contributed by atoms with Gasteiger partial charge in [0.15, 0.2) is 0 Å². The van der Waals surface area contributed by atoms with Crippen LogP contribution in [0.25, 0.3) is 33.3 Å². The van der Waals surface area contributed by atoms with Crippen molar-refractivity contribution in [3.05, 3.63) is 83.7 Å². The first kappa shape index (κ1) is 26.3. The van der Waals surface area contributed by atoms with Crippen LogP contribution in [0.1, 0.15) is 57.1 Å². The normalized spacial score (nSPS) is 12.6. The number of benzene rings is 3. The topological polar surface area (TPSA) is 78.8 Å². The molecule has 3 nitrogen and oxygen atoms in total. The molecule has 0 saturated carbocycles. The highest BCUT2D eigenvalue weighted by atomic mass is 19.1. The van der Waals surface area contributed by atoms with Crippen LogP contribution in [0.5, 0.6) is 0 Å². The van der Waals surface area contributed by atoms with Crippen LogP contribution in [0.15, 0.2) is 66.7 Å².